The molecule has 0 saturated heterocycles. The molecular formula is C17H24N4O3S3. The second-order valence-electron chi connectivity index (χ2n) is 5.97. The molecule has 1 amide bonds. The third kappa shape index (κ3) is 5.91. The van der Waals surface area contributed by atoms with E-state index in [1.165, 1.54) is 11.3 Å². The molecule has 7 nitrogen and oxygen atoms in total. The van der Waals surface area contributed by atoms with Gasteiger partial charge < -0.3 is 0 Å². The van der Waals surface area contributed by atoms with Crippen molar-refractivity contribution in [2.24, 2.45) is 0 Å². The topological polar surface area (TPSA) is 92.3 Å². The van der Waals surface area contributed by atoms with E-state index in [2.05, 4.69) is 22.4 Å². The molecule has 1 aromatic heterocycles. The highest BCUT2D eigenvalue weighted by Crippen LogP contribution is 2.27. The zero-order chi connectivity index (χ0) is 20.0. The lowest BCUT2D eigenvalue weighted by molar-refractivity contribution is -0.116. The lowest BCUT2D eigenvalue weighted by Crippen LogP contribution is -2.45. The van der Waals surface area contributed by atoms with Gasteiger partial charge in [0.2, 0.25) is 21.1 Å². The third-order valence-electron chi connectivity index (χ3n) is 3.75. The number of anilines is 2. The number of aromatic nitrogens is 2. The highest BCUT2D eigenvalue weighted by Gasteiger charge is 2.29. The molecule has 10 heteroatoms. The maximum absolute atomic E-state index is 12.6. The van der Waals surface area contributed by atoms with Crippen molar-refractivity contribution < 1.29 is 13.2 Å². The first-order chi connectivity index (χ1) is 12.8. The largest absolute Gasteiger partial charge is 0.299 e. The van der Waals surface area contributed by atoms with Gasteiger partial charge in [0, 0.05) is 5.75 Å². The second-order valence-corrected chi connectivity index (χ2v) is 10.1. The molecule has 1 N–H and O–H groups in total. The number of carbonyl (C=O) groups is 1. The van der Waals surface area contributed by atoms with Gasteiger partial charge in [-0.05, 0) is 37.5 Å². The standard InChI is InChI=1S/C17H24N4O3S3/c1-5-11-25-17-20-19-16(26-17)18-15(22)12(3)21(27(4,23)24)14-9-7-13(6-2)8-10-14/h7-10,12H,5-6,11H2,1-4H3,(H,18,19,22). The van der Waals surface area contributed by atoms with Crippen LogP contribution in [0.1, 0.15) is 32.8 Å². The van der Waals surface area contributed by atoms with E-state index < -0.39 is 22.0 Å². The highest BCUT2D eigenvalue weighted by molar-refractivity contribution is 8.01. The third-order valence-corrected chi connectivity index (χ3v) is 7.17. The Hall–Kier alpha value is -1.65. The summed E-state index contributed by atoms with van der Waals surface area (Å²) in [5, 5.41) is 11.0. The normalized spacial score (nSPS) is 12.6. The fourth-order valence-corrected chi connectivity index (χ4v) is 5.26. The maximum atomic E-state index is 12.6. The smallest absolute Gasteiger partial charge is 0.249 e. The quantitative estimate of drug-likeness (QED) is 0.486. The predicted octanol–water partition coefficient (Wildman–Crippen LogP) is 3.40. The Bertz CT molecular complexity index is 866. The number of amides is 1. The molecule has 1 heterocycles. The molecule has 0 bridgehead atoms. The first-order valence-electron chi connectivity index (χ1n) is 8.61. The summed E-state index contributed by atoms with van der Waals surface area (Å²) in [7, 11) is -3.65. The number of nitrogens with one attached hydrogen (secondary N) is 1. The number of hydrogen-bond acceptors (Lipinski definition) is 7. The predicted molar refractivity (Wildman–Crippen MR) is 112 cm³/mol. The number of nitrogens with zero attached hydrogens (tertiary/aromatic N) is 3. The van der Waals surface area contributed by atoms with Gasteiger partial charge in [-0.1, -0.05) is 49.1 Å². The maximum Gasteiger partial charge on any atom is 0.249 e. The number of aryl methyl sites for hydroxylation is 1. The van der Waals surface area contributed by atoms with E-state index in [9.17, 15) is 13.2 Å². The van der Waals surface area contributed by atoms with Gasteiger partial charge in [0.05, 0.1) is 11.9 Å². The number of rotatable bonds is 9. The summed E-state index contributed by atoms with van der Waals surface area (Å²) in [5.41, 5.74) is 1.55. The molecule has 1 aromatic carbocycles. The second kappa shape index (κ2) is 9.52. The van der Waals surface area contributed by atoms with Crippen LogP contribution in [-0.2, 0) is 21.2 Å². The average Bonchev–Trinajstić information content (AvgIpc) is 3.06. The number of benzene rings is 1. The Morgan fingerprint density at radius 2 is 1.93 bits per heavy atom. The Morgan fingerprint density at radius 3 is 2.48 bits per heavy atom. The molecule has 1 atom stereocenters. The van der Waals surface area contributed by atoms with Crippen LogP contribution in [0.5, 0.6) is 0 Å². The van der Waals surface area contributed by atoms with Crippen molar-refractivity contribution >= 4 is 49.8 Å². The highest BCUT2D eigenvalue weighted by atomic mass is 32.2. The Morgan fingerprint density at radius 1 is 1.26 bits per heavy atom. The lowest BCUT2D eigenvalue weighted by atomic mass is 10.1. The number of thioether (sulfide) groups is 1. The Balaban J connectivity index is 2.17. The summed E-state index contributed by atoms with van der Waals surface area (Å²) in [5.74, 6) is 0.470. The summed E-state index contributed by atoms with van der Waals surface area (Å²) < 4.78 is 26.5. The van der Waals surface area contributed by atoms with Crippen molar-refractivity contribution in [1.29, 1.82) is 0 Å². The first-order valence-corrected chi connectivity index (χ1v) is 12.3. The van der Waals surface area contributed by atoms with Crippen LogP contribution in [0, 0.1) is 0 Å². The van der Waals surface area contributed by atoms with Crippen LogP contribution in [0.3, 0.4) is 0 Å². The molecule has 0 aliphatic carbocycles. The molecule has 148 valence electrons. The van der Waals surface area contributed by atoms with Crippen LogP contribution in [-0.4, -0.2) is 42.6 Å². The molecule has 0 radical (unpaired) electrons. The van der Waals surface area contributed by atoms with Crippen LogP contribution in [0.2, 0.25) is 0 Å². The van der Waals surface area contributed by atoms with Gasteiger partial charge in [-0.15, -0.1) is 10.2 Å². The summed E-state index contributed by atoms with van der Waals surface area (Å²) in [6.07, 6.45) is 2.96. The molecule has 0 aliphatic heterocycles. The van der Waals surface area contributed by atoms with Gasteiger partial charge in [0.15, 0.2) is 4.34 Å². The fourth-order valence-electron chi connectivity index (χ4n) is 2.41. The summed E-state index contributed by atoms with van der Waals surface area (Å²) >= 11 is 2.85. The van der Waals surface area contributed by atoms with Gasteiger partial charge in [-0.2, -0.15) is 0 Å². The van der Waals surface area contributed by atoms with Crippen molar-refractivity contribution in [2.75, 3.05) is 21.6 Å². The van der Waals surface area contributed by atoms with Crippen molar-refractivity contribution in [3.8, 4) is 0 Å². The zero-order valence-corrected chi connectivity index (χ0v) is 18.2. The van der Waals surface area contributed by atoms with E-state index >= 15 is 0 Å². The number of hydrogen-bond donors (Lipinski definition) is 1. The first kappa shape index (κ1) is 21.6. The van der Waals surface area contributed by atoms with Gasteiger partial charge in [0.25, 0.3) is 0 Å². The fraction of sp³-hybridized carbons (Fsp3) is 0.471. The molecule has 0 aliphatic rings. The van der Waals surface area contributed by atoms with Crippen LogP contribution in [0.25, 0.3) is 0 Å². The number of sulfonamides is 1. The van der Waals surface area contributed by atoms with Crippen LogP contribution in [0.15, 0.2) is 28.6 Å². The molecule has 0 saturated carbocycles. The zero-order valence-electron chi connectivity index (χ0n) is 15.8. The van der Waals surface area contributed by atoms with E-state index in [1.54, 1.807) is 30.8 Å². The van der Waals surface area contributed by atoms with Gasteiger partial charge in [-0.25, -0.2) is 8.42 Å². The van der Waals surface area contributed by atoms with Crippen LogP contribution >= 0.6 is 23.1 Å². The Kier molecular flexibility index (Phi) is 7.63. The number of carbonyl (C=O) groups excluding carboxylic acids is 1. The van der Waals surface area contributed by atoms with Crippen molar-refractivity contribution in [3.05, 3.63) is 29.8 Å². The van der Waals surface area contributed by atoms with Crippen LogP contribution in [0.4, 0.5) is 10.8 Å². The van der Waals surface area contributed by atoms with Crippen LogP contribution < -0.4 is 9.62 Å². The molecule has 2 aromatic rings. The molecule has 2 rings (SSSR count). The van der Waals surface area contributed by atoms with Gasteiger partial charge in [-0.3, -0.25) is 14.4 Å². The summed E-state index contributed by atoms with van der Waals surface area (Å²) in [6, 6.07) is 6.23. The minimum absolute atomic E-state index is 0.361. The molecule has 0 fully saturated rings. The molecule has 0 spiro atoms. The van der Waals surface area contributed by atoms with Gasteiger partial charge in [0.1, 0.15) is 6.04 Å². The minimum Gasteiger partial charge on any atom is -0.299 e. The molecule has 27 heavy (non-hydrogen) atoms. The van der Waals surface area contributed by atoms with Crippen molar-refractivity contribution in [3.63, 3.8) is 0 Å². The summed E-state index contributed by atoms with van der Waals surface area (Å²) in [4.78, 5) is 12.6. The molecular weight excluding hydrogens is 404 g/mol. The minimum atomic E-state index is -3.65. The van der Waals surface area contributed by atoms with Crippen molar-refractivity contribution in [2.45, 2.75) is 44.0 Å². The van der Waals surface area contributed by atoms with Crippen molar-refractivity contribution in [1.82, 2.24) is 10.2 Å². The average molecular weight is 429 g/mol. The van der Waals surface area contributed by atoms with E-state index in [0.29, 0.717) is 10.8 Å². The van der Waals surface area contributed by atoms with E-state index in [-0.39, 0.29) is 0 Å². The van der Waals surface area contributed by atoms with E-state index in [1.807, 2.05) is 19.1 Å². The monoisotopic (exact) mass is 428 g/mol. The van der Waals surface area contributed by atoms with E-state index in [4.69, 9.17) is 0 Å². The summed E-state index contributed by atoms with van der Waals surface area (Å²) in [6.45, 7) is 5.65. The SMILES string of the molecule is CCCSc1nnc(NC(=O)C(C)N(c2ccc(CC)cc2)S(C)(=O)=O)s1. The van der Waals surface area contributed by atoms with Gasteiger partial charge >= 0.3 is 0 Å². The lowest BCUT2D eigenvalue weighted by Gasteiger charge is -2.28. The molecule has 1 unspecified atom stereocenters. The van der Waals surface area contributed by atoms with E-state index in [0.717, 1.165) is 39.1 Å². The Labute approximate surface area is 168 Å².